The first-order valence-electron chi connectivity index (χ1n) is 11.6. The monoisotopic (exact) mass is 496 g/mol. The molecule has 1 aliphatic rings. The Morgan fingerprint density at radius 3 is 2.66 bits per heavy atom. The summed E-state index contributed by atoms with van der Waals surface area (Å²) in [7, 11) is 1.60. The van der Waals surface area contributed by atoms with Gasteiger partial charge in [0.15, 0.2) is 0 Å². The lowest BCUT2D eigenvalue weighted by Crippen LogP contribution is -2.49. The highest BCUT2D eigenvalue weighted by Crippen LogP contribution is 2.34. The molecule has 0 unspecified atom stereocenters. The van der Waals surface area contributed by atoms with E-state index in [2.05, 4.69) is 0 Å². The van der Waals surface area contributed by atoms with E-state index in [0.717, 1.165) is 12.0 Å². The minimum Gasteiger partial charge on any atom is -0.497 e. The number of rotatable bonds is 8. The van der Waals surface area contributed by atoms with E-state index in [1.54, 1.807) is 29.4 Å². The number of hydrogen-bond donors (Lipinski definition) is 0. The third-order valence-electron chi connectivity index (χ3n) is 6.13. The van der Waals surface area contributed by atoms with Gasteiger partial charge < -0.3 is 19.3 Å². The van der Waals surface area contributed by atoms with Gasteiger partial charge in [0.25, 0.3) is 5.91 Å². The number of hydrogen-bond acceptors (Lipinski definition) is 5. The van der Waals surface area contributed by atoms with Crippen LogP contribution in [0.3, 0.4) is 0 Å². The Labute approximate surface area is 208 Å². The third-order valence-corrected chi connectivity index (χ3v) is 7.12. The maximum Gasteiger partial charge on any atom is 0.254 e. The molecule has 0 fully saturated rings. The van der Waals surface area contributed by atoms with Crippen molar-refractivity contribution in [2.45, 2.75) is 32.4 Å². The molecule has 0 saturated carbocycles. The molecule has 1 atom stereocenters. The molecule has 0 aliphatic carbocycles. The van der Waals surface area contributed by atoms with E-state index in [4.69, 9.17) is 9.47 Å². The van der Waals surface area contributed by atoms with Crippen molar-refractivity contribution < 1.29 is 23.5 Å². The molecule has 0 N–H and O–H groups in total. The minimum absolute atomic E-state index is 0.0951. The fourth-order valence-electron chi connectivity index (χ4n) is 4.25. The number of halogens is 1. The zero-order valence-corrected chi connectivity index (χ0v) is 20.9. The van der Waals surface area contributed by atoms with Gasteiger partial charge in [0.05, 0.1) is 13.2 Å². The molecule has 0 radical (unpaired) electrons. The Morgan fingerprint density at radius 2 is 1.91 bits per heavy atom. The highest BCUT2D eigenvalue weighted by atomic mass is 32.1. The Balaban J connectivity index is 1.53. The van der Waals surface area contributed by atoms with E-state index in [1.165, 1.54) is 28.0 Å². The van der Waals surface area contributed by atoms with Crippen molar-refractivity contribution in [2.75, 3.05) is 26.8 Å². The average Bonchev–Trinajstić information content (AvgIpc) is 3.34. The Hall–Kier alpha value is -3.39. The first kappa shape index (κ1) is 24.7. The van der Waals surface area contributed by atoms with Crippen LogP contribution in [0.2, 0.25) is 0 Å². The van der Waals surface area contributed by atoms with E-state index in [9.17, 15) is 14.0 Å². The highest BCUT2D eigenvalue weighted by molar-refractivity contribution is 7.10. The van der Waals surface area contributed by atoms with Crippen LogP contribution in [0.5, 0.6) is 11.5 Å². The van der Waals surface area contributed by atoms with Crippen LogP contribution in [0.15, 0.2) is 60.0 Å². The molecule has 35 heavy (non-hydrogen) atoms. The molecule has 2 amide bonds. The molecule has 0 spiro atoms. The van der Waals surface area contributed by atoms with Crippen LogP contribution in [-0.4, -0.2) is 54.5 Å². The molecular formula is C27H29FN2O4S. The van der Waals surface area contributed by atoms with Gasteiger partial charge in [-0.3, -0.25) is 9.59 Å². The number of nitrogens with zero attached hydrogens (tertiary/aromatic N) is 2. The van der Waals surface area contributed by atoms with E-state index in [0.29, 0.717) is 18.0 Å². The van der Waals surface area contributed by atoms with Gasteiger partial charge in [0.2, 0.25) is 5.91 Å². The van der Waals surface area contributed by atoms with Crippen LogP contribution in [0.1, 0.15) is 40.7 Å². The zero-order chi connectivity index (χ0) is 24.9. The first-order chi connectivity index (χ1) is 16.9. The molecule has 0 saturated heterocycles. The second kappa shape index (κ2) is 10.9. The molecule has 6 nitrogen and oxygen atoms in total. The number of fused-ring (bicyclic) bond motifs is 1. The Bertz CT molecular complexity index is 1200. The third kappa shape index (κ3) is 5.65. The molecule has 1 aliphatic heterocycles. The molecule has 184 valence electrons. The molecule has 1 aromatic heterocycles. The lowest BCUT2D eigenvalue weighted by Gasteiger charge is -2.37. The molecule has 8 heteroatoms. The summed E-state index contributed by atoms with van der Waals surface area (Å²) in [6, 6.07) is 14.4. The van der Waals surface area contributed by atoms with E-state index < -0.39 is 5.82 Å². The lowest BCUT2D eigenvalue weighted by molar-refractivity contribution is -0.136. The average molecular weight is 497 g/mol. The van der Waals surface area contributed by atoms with Crippen LogP contribution < -0.4 is 9.47 Å². The molecule has 4 rings (SSSR count). The second-order valence-corrected chi connectivity index (χ2v) is 9.68. The summed E-state index contributed by atoms with van der Waals surface area (Å²) in [5, 5.41) is 2.03. The Morgan fingerprint density at radius 1 is 1.14 bits per heavy atom. The summed E-state index contributed by atoms with van der Waals surface area (Å²) in [6.07, 6.45) is 0.758. The van der Waals surface area contributed by atoms with Gasteiger partial charge in [0, 0.05) is 29.1 Å². The van der Waals surface area contributed by atoms with Crippen molar-refractivity contribution in [2.24, 2.45) is 0 Å². The zero-order valence-electron chi connectivity index (χ0n) is 20.1. The quantitative estimate of drug-likeness (QED) is 0.443. The number of methoxy groups -OCH3 is 1. The molecule has 0 bridgehead atoms. The fourth-order valence-corrected chi connectivity index (χ4v) is 5.18. The first-order valence-corrected chi connectivity index (χ1v) is 12.4. The number of carbonyl (C=O) groups is 2. The van der Waals surface area contributed by atoms with Crippen molar-refractivity contribution in [1.82, 2.24) is 9.80 Å². The van der Waals surface area contributed by atoms with E-state index in [1.807, 2.05) is 49.6 Å². The van der Waals surface area contributed by atoms with Gasteiger partial charge in [-0.05, 0) is 67.6 Å². The van der Waals surface area contributed by atoms with Gasteiger partial charge in [-0.25, -0.2) is 4.39 Å². The summed E-state index contributed by atoms with van der Waals surface area (Å²) in [5.41, 5.74) is 1.30. The summed E-state index contributed by atoms with van der Waals surface area (Å²) in [4.78, 5) is 31.2. The second-order valence-electron chi connectivity index (χ2n) is 8.68. The Kier molecular flexibility index (Phi) is 7.70. The van der Waals surface area contributed by atoms with E-state index in [-0.39, 0.29) is 42.6 Å². The SMILES string of the molecule is COc1cccc(OC[C@H]2c3ccsc3CCN2C(=O)CN(C(=O)c2cccc(F)c2)C(C)C)c1. The number of amides is 2. The van der Waals surface area contributed by atoms with Gasteiger partial charge in [-0.2, -0.15) is 0 Å². The predicted molar refractivity (Wildman–Crippen MR) is 134 cm³/mol. The van der Waals surface area contributed by atoms with E-state index >= 15 is 0 Å². The van der Waals surface area contributed by atoms with Gasteiger partial charge in [-0.15, -0.1) is 11.3 Å². The summed E-state index contributed by atoms with van der Waals surface area (Å²) < 4.78 is 25.1. The van der Waals surface area contributed by atoms with Gasteiger partial charge in [0.1, 0.15) is 30.5 Å². The normalized spacial score (nSPS) is 15.0. The summed E-state index contributed by atoms with van der Waals surface area (Å²) >= 11 is 1.68. The topological polar surface area (TPSA) is 59.1 Å². The van der Waals surface area contributed by atoms with Crippen LogP contribution in [0.4, 0.5) is 4.39 Å². The number of benzene rings is 2. The van der Waals surface area contributed by atoms with Crippen LogP contribution in [0, 0.1) is 5.82 Å². The van der Waals surface area contributed by atoms with Crippen molar-refractivity contribution >= 4 is 23.2 Å². The number of carbonyl (C=O) groups excluding carboxylic acids is 2. The van der Waals surface area contributed by atoms with Crippen LogP contribution in [0.25, 0.3) is 0 Å². The van der Waals surface area contributed by atoms with Crippen molar-refractivity contribution in [3.05, 3.63) is 81.8 Å². The molecule has 3 aromatic rings. The summed E-state index contributed by atoms with van der Waals surface area (Å²) in [5.74, 6) is 0.328. The number of ether oxygens (including phenoxy) is 2. The lowest BCUT2D eigenvalue weighted by atomic mass is 10.00. The van der Waals surface area contributed by atoms with Crippen molar-refractivity contribution in [3.8, 4) is 11.5 Å². The maximum atomic E-state index is 13.7. The molecule has 2 heterocycles. The highest BCUT2D eigenvalue weighted by Gasteiger charge is 2.34. The smallest absolute Gasteiger partial charge is 0.254 e. The largest absolute Gasteiger partial charge is 0.497 e. The van der Waals surface area contributed by atoms with Crippen molar-refractivity contribution in [3.63, 3.8) is 0 Å². The summed E-state index contributed by atoms with van der Waals surface area (Å²) in [6.45, 7) is 4.42. The minimum atomic E-state index is -0.485. The van der Waals surface area contributed by atoms with Crippen LogP contribution >= 0.6 is 11.3 Å². The van der Waals surface area contributed by atoms with Crippen molar-refractivity contribution in [1.29, 1.82) is 0 Å². The molecular weight excluding hydrogens is 467 g/mol. The standard InChI is InChI=1S/C27H29FN2O4S/c1-18(2)30(27(32)19-6-4-7-20(28)14-19)16-26(31)29-12-10-25-23(11-13-35-25)24(29)17-34-22-9-5-8-21(15-22)33-3/h4-9,11,13-15,18,24H,10,12,16-17H2,1-3H3/t24-/m0/s1. The molecule has 2 aromatic carbocycles. The van der Waals surface area contributed by atoms with Gasteiger partial charge in [-0.1, -0.05) is 12.1 Å². The number of thiophene rings is 1. The fraction of sp³-hybridized carbons (Fsp3) is 0.333. The maximum absolute atomic E-state index is 13.7. The van der Waals surface area contributed by atoms with Gasteiger partial charge >= 0.3 is 0 Å². The van der Waals surface area contributed by atoms with Crippen LogP contribution in [-0.2, 0) is 11.2 Å². The predicted octanol–water partition coefficient (Wildman–Crippen LogP) is 4.95.